The van der Waals surface area contributed by atoms with Crippen LogP contribution in [0.1, 0.15) is 29.9 Å². The molecule has 124 valence electrons. The lowest BCUT2D eigenvalue weighted by Crippen LogP contribution is -2.63. The number of fused-ring (bicyclic) bond motifs is 2. The van der Waals surface area contributed by atoms with Gasteiger partial charge in [0.1, 0.15) is 0 Å². The zero-order valence-electron chi connectivity index (χ0n) is 14.1. The Morgan fingerprint density at radius 3 is 2.21 bits per heavy atom. The highest BCUT2D eigenvalue weighted by atomic mass is 15.2. The molecule has 2 nitrogen and oxygen atoms in total. The Labute approximate surface area is 144 Å². The van der Waals surface area contributed by atoms with Crippen LogP contribution < -0.4 is 5.32 Å². The highest BCUT2D eigenvalue weighted by molar-refractivity contribution is 5.28. The minimum Gasteiger partial charge on any atom is -0.310 e. The highest BCUT2D eigenvalue weighted by Gasteiger charge is 2.50. The second kappa shape index (κ2) is 6.02. The smallest absolute Gasteiger partial charge is 0.0233 e. The van der Waals surface area contributed by atoms with E-state index >= 15 is 0 Å². The minimum atomic E-state index is 0.725. The van der Waals surface area contributed by atoms with Crippen LogP contribution in [0, 0.1) is 11.8 Å². The molecule has 2 aromatic rings. The van der Waals surface area contributed by atoms with Crippen LogP contribution in [0.25, 0.3) is 0 Å². The van der Waals surface area contributed by atoms with Crippen molar-refractivity contribution in [2.24, 2.45) is 11.8 Å². The predicted molar refractivity (Wildman–Crippen MR) is 97.8 cm³/mol. The Morgan fingerprint density at radius 2 is 1.50 bits per heavy atom. The summed E-state index contributed by atoms with van der Waals surface area (Å²) >= 11 is 0. The van der Waals surface area contributed by atoms with Gasteiger partial charge >= 0.3 is 0 Å². The molecule has 0 aromatic heterocycles. The summed E-state index contributed by atoms with van der Waals surface area (Å²) in [6.07, 6.45) is 2.76. The van der Waals surface area contributed by atoms with E-state index < -0.39 is 0 Å². The quantitative estimate of drug-likeness (QED) is 0.905. The largest absolute Gasteiger partial charge is 0.310 e. The topological polar surface area (TPSA) is 15.3 Å². The van der Waals surface area contributed by atoms with E-state index in [9.17, 15) is 0 Å². The number of rotatable bonds is 5. The summed E-state index contributed by atoms with van der Waals surface area (Å²) in [5.74, 6) is 2.49. The van der Waals surface area contributed by atoms with Crippen LogP contribution >= 0.6 is 0 Å². The van der Waals surface area contributed by atoms with Gasteiger partial charge < -0.3 is 5.32 Å². The molecule has 2 saturated carbocycles. The summed E-state index contributed by atoms with van der Waals surface area (Å²) in [7, 11) is 0. The molecule has 2 heteroatoms. The molecule has 4 aliphatic rings. The fourth-order valence-corrected chi connectivity index (χ4v) is 4.92. The van der Waals surface area contributed by atoms with Gasteiger partial charge in [0.15, 0.2) is 0 Å². The molecule has 4 fully saturated rings. The number of benzene rings is 2. The third kappa shape index (κ3) is 2.78. The zero-order chi connectivity index (χ0) is 15.9. The molecule has 1 unspecified atom stereocenters. The summed E-state index contributed by atoms with van der Waals surface area (Å²) in [5, 5.41) is 4.00. The normalized spacial score (nSPS) is 34.6. The Balaban J connectivity index is 1.15. The van der Waals surface area contributed by atoms with Gasteiger partial charge in [-0.2, -0.15) is 0 Å². The molecule has 0 spiro atoms. The molecular weight excluding hydrogens is 292 g/mol. The molecule has 5 atom stereocenters. The van der Waals surface area contributed by atoms with Crippen molar-refractivity contribution in [3.8, 4) is 0 Å². The SMILES string of the molecule is c1ccc(CN2C[C@H]3C[C@@H](C2)C3N[C@@H]2C[C@H]2c2ccccc2)cc1. The van der Waals surface area contributed by atoms with E-state index in [4.69, 9.17) is 0 Å². The van der Waals surface area contributed by atoms with E-state index in [1.165, 1.54) is 37.1 Å². The average Bonchev–Trinajstić information content (AvgIpc) is 3.41. The molecule has 2 bridgehead atoms. The third-order valence-corrected chi connectivity index (χ3v) is 6.28. The van der Waals surface area contributed by atoms with Crippen molar-refractivity contribution in [2.45, 2.75) is 37.4 Å². The molecule has 24 heavy (non-hydrogen) atoms. The molecule has 2 aromatic carbocycles. The van der Waals surface area contributed by atoms with Gasteiger partial charge in [0.25, 0.3) is 0 Å². The Bertz CT molecular complexity index is 672. The van der Waals surface area contributed by atoms with Crippen LogP contribution in [-0.2, 0) is 6.54 Å². The molecule has 2 aliphatic carbocycles. The van der Waals surface area contributed by atoms with E-state index in [1.54, 1.807) is 0 Å². The summed E-state index contributed by atoms with van der Waals surface area (Å²) < 4.78 is 0. The van der Waals surface area contributed by atoms with Crippen LogP contribution in [0.15, 0.2) is 60.7 Å². The van der Waals surface area contributed by atoms with Gasteiger partial charge in [-0.1, -0.05) is 60.7 Å². The van der Waals surface area contributed by atoms with Crippen LogP contribution in [0.2, 0.25) is 0 Å². The number of hydrogen-bond acceptors (Lipinski definition) is 2. The lowest BCUT2D eigenvalue weighted by molar-refractivity contribution is -0.0195. The van der Waals surface area contributed by atoms with Gasteiger partial charge in [-0.05, 0) is 35.8 Å². The first kappa shape index (κ1) is 14.7. The van der Waals surface area contributed by atoms with Crippen LogP contribution in [0.4, 0.5) is 0 Å². The number of nitrogens with zero attached hydrogens (tertiary/aromatic N) is 1. The second-order valence-electron chi connectivity index (χ2n) is 7.99. The summed E-state index contributed by atoms with van der Waals surface area (Å²) in [6.45, 7) is 3.66. The number of hydrogen-bond donors (Lipinski definition) is 1. The zero-order valence-corrected chi connectivity index (χ0v) is 14.1. The van der Waals surface area contributed by atoms with Gasteiger partial charge in [-0.25, -0.2) is 0 Å². The molecule has 2 aliphatic heterocycles. The van der Waals surface area contributed by atoms with Crippen LogP contribution in [0.3, 0.4) is 0 Å². The average molecular weight is 318 g/mol. The maximum atomic E-state index is 4.00. The first-order chi connectivity index (χ1) is 11.9. The van der Waals surface area contributed by atoms with Gasteiger partial charge in [0, 0.05) is 37.6 Å². The first-order valence-corrected chi connectivity index (χ1v) is 9.44. The number of piperidine rings is 2. The molecule has 2 heterocycles. The lowest BCUT2D eigenvalue weighted by atomic mass is 9.66. The minimum absolute atomic E-state index is 0.725. The van der Waals surface area contributed by atoms with Gasteiger partial charge in [0.05, 0.1) is 0 Å². The molecule has 0 amide bonds. The van der Waals surface area contributed by atoms with Crippen molar-refractivity contribution in [1.29, 1.82) is 0 Å². The summed E-state index contributed by atoms with van der Waals surface area (Å²) in [5.41, 5.74) is 2.97. The Morgan fingerprint density at radius 1 is 0.833 bits per heavy atom. The van der Waals surface area contributed by atoms with E-state index in [2.05, 4.69) is 70.9 Å². The van der Waals surface area contributed by atoms with E-state index in [-0.39, 0.29) is 0 Å². The molecule has 2 saturated heterocycles. The Hall–Kier alpha value is -1.64. The summed E-state index contributed by atoms with van der Waals surface area (Å²) in [6, 6.07) is 23.5. The number of nitrogens with one attached hydrogen (secondary N) is 1. The van der Waals surface area contributed by atoms with Crippen LogP contribution in [0.5, 0.6) is 0 Å². The van der Waals surface area contributed by atoms with E-state index in [0.29, 0.717) is 0 Å². The van der Waals surface area contributed by atoms with Crippen molar-refractivity contribution < 1.29 is 0 Å². The molecular formula is C22H26N2. The monoisotopic (exact) mass is 318 g/mol. The van der Waals surface area contributed by atoms with E-state index in [1.807, 2.05) is 0 Å². The fourth-order valence-electron chi connectivity index (χ4n) is 4.92. The van der Waals surface area contributed by atoms with Crippen LogP contribution in [-0.4, -0.2) is 30.1 Å². The van der Waals surface area contributed by atoms with Gasteiger partial charge in [-0.3, -0.25) is 4.90 Å². The van der Waals surface area contributed by atoms with Crippen molar-refractivity contribution in [3.63, 3.8) is 0 Å². The summed E-state index contributed by atoms with van der Waals surface area (Å²) in [4.78, 5) is 2.66. The maximum Gasteiger partial charge on any atom is 0.0233 e. The molecule has 6 rings (SSSR count). The van der Waals surface area contributed by atoms with Crippen molar-refractivity contribution in [1.82, 2.24) is 10.2 Å². The first-order valence-electron chi connectivity index (χ1n) is 9.44. The van der Waals surface area contributed by atoms with Crippen molar-refractivity contribution >= 4 is 0 Å². The molecule has 1 N–H and O–H groups in total. The van der Waals surface area contributed by atoms with Gasteiger partial charge in [0.2, 0.25) is 0 Å². The maximum absolute atomic E-state index is 4.00. The highest BCUT2D eigenvalue weighted by Crippen LogP contribution is 2.46. The second-order valence-corrected chi connectivity index (χ2v) is 7.99. The van der Waals surface area contributed by atoms with E-state index in [0.717, 1.165) is 36.4 Å². The standard InChI is InChI=1S/C22H26N2/c1-3-7-16(8-4-1)13-24-14-18-11-19(15-24)22(18)23-21-12-20(21)17-9-5-2-6-10-17/h1-10,18-23H,11-15H2/t18-,19+,20-,21+,22?/m0/s1. The fraction of sp³-hybridized carbons (Fsp3) is 0.455. The van der Waals surface area contributed by atoms with Crippen molar-refractivity contribution in [3.05, 3.63) is 71.8 Å². The van der Waals surface area contributed by atoms with Gasteiger partial charge in [-0.15, -0.1) is 0 Å². The lowest BCUT2D eigenvalue weighted by Gasteiger charge is -2.54. The molecule has 0 radical (unpaired) electrons. The predicted octanol–water partition coefficient (Wildman–Crippen LogP) is 3.65. The van der Waals surface area contributed by atoms with Crippen molar-refractivity contribution in [2.75, 3.05) is 13.1 Å². The third-order valence-electron chi connectivity index (χ3n) is 6.28. The Kier molecular flexibility index (Phi) is 3.68.